The predicted octanol–water partition coefficient (Wildman–Crippen LogP) is 2.70. The summed E-state index contributed by atoms with van der Waals surface area (Å²) in [5.74, 6) is 0.917. The molecule has 1 aromatic heterocycles. The third kappa shape index (κ3) is 2.74. The summed E-state index contributed by atoms with van der Waals surface area (Å²) in [4.78, 5) is 4.34. The molecule has 1 N–H and O–H groups in total. The molecule has 0 radical (unpaired) electrons. The third-order valence-corrected chi connectivity index (χ3v) is 3.40. The first-order chi connectivity index (χ1) is 9.24. The molecule has 3 rings (SSSR count). The summed E-state index contributed by atoms with van der Waals surface area (Å²) in [6.45, 7) is 2.00. The normalized spacial score (nSPS) is 19.6. The van der Waals surface area contributed by atoms with E-state index in [1.54, 1.807) is 18.2 Å². The Kier molecular flexibility index (Phi) is 3.70. The van der Waals surface area contributed by atoms with E-state index in [2.05, 4.69) is 15.5 Å². The van der Waals surface area contributed by atoms with Gasteiger partial charge in [-0.25, -0.2) is 0 Å². The van der Waals surface area contributed by atoms with Crippen LogP contribution in [0.4, 0.5) is 0 Å². The van der Waals surface area contributed by atoms with Gasteiger partial charge in [0.05, 0.1) is 29.8 Å². The van der Waals surface area contributed by atoms with Crippen LogP contribution in [0.25, 0.3) is 11.5 Å². The maximum absolute atomic E-state index is 6.10. The second-order valence-corrected chi connectivity index (χ2v) is 5.01. The molecular weight excluding hydrogens is 289 g/mol. The molecule has 19 heavy (non-hydrogen) atoms. The summed E-state index contributed by atoms with van der Waals surface area (Å²) in [6, 6.07) is 5.06. The van der Waals surface area contributed by atoms with Crippen LogP contribution < -0.4 is 5.32 Å². The van der Waals surface area contributed by atoms with Crippen molar-refractivity contribution < 1.29 is 9.26 Å². The zero-order valence-electron chi connectivity index (χ0n) is 9.90. The van der Waals surface area contributed by atoms with E-state index in [4.69, 9.17) is 32.5 Å². The molecule has 7 heteroatoms. The number of rotatable bonds is 2. The molecule has 5 nitrogen and oxygen atoms in total. The minimum Gasteiger partial charge on any atom is -0.378 e. The molecular formula is C12H11Cl2N3O2. The molecule has 2 aromatic rings. The standard InChI is InChI=1S/C12H11Cl2N3O2/c13-7-1-2-9(14)8(5-7)12-16-11(17-19-12)10-6-18-4-3-15-10/h1-2,5,10,15H,3-4,6H2/t10-/m0/s1. The Hall–Kier alpha value is -1.14. The average molecular weight is 300 g/mol. The van der Waals surface area contributed by atoms with Crippen LogP contribution in [0, 0.1) is 0 Å². The topological polar surface area (TPSA) is 60.2 Å². The largest absolute Gasteiger partial charge is 0.378 e. The van der Waals surface area contributed by atoms with E-state index >= 15 is 0 Å². The molecule has 1 saturated heterocycles. The van der Waals surface area contributed by atoms with E-state index in [0.717, 1.165) is 6.54 Å². The lowest BCUT2D eigenvalue weighted by Gasteiger charge is -2.20. The zero-order valence-corrected chi connectivity index (χ0v) is 11.4. The number of ether oxygens (including phenoxy) is 1. The van der Waals surface area contributed by atoms with E-state index in [1.165, 1.54) is 0 Å². The number of halogens is 2. The highest BCUT2D eigenvalue weighted by atomic mass is 35.5. The summed E-state index contributed by atoms with van der Waals surface area (Å²) in [5, 5.41) is 8.30. The molecule has 1 atom stereocenters. The predicted molar refractivity (Wildman–Crippen MR) is 71.3 cm³/mol. The van der Waals surface area contributed by atoms with Crippen LogP contribution in [0.5, 0.6) is 0 Å². The molecule has 2 heterocycles. The van der Waals surface area contributed by atoms with Crippen molar-refractivity contribution in [1.82, 2.24) is 15.5 Å². The van der Waals surface area contributed by atoms with Gasteiger partial charge >= 0.3 is 0 Å². The van der Waals surface area contributed by atoms with Gasteiger partial charge in [-0.05, 0) is 18.2 Å². The fourth-order valence-electron chi connectivity index (χ4n) is 1.88. The third-order valence-electron chi connectivity index (χ3n) is 2.83. The second kappa shape index (κ2) is 5.46. The molecule has 1 fully saturated rings. The molecule has 0 aliphatic carbocycles. The van der Waals surface area contributed by atoms with E-state index in [0.29, 0.717) is 40.5 Å². The SMILES string of the molecule is Clc1ccc(Cl)c(-c2nc([C@@H]3COCCN3)no2)c1. The Bertz CT molecular complexity index is 582. The number of benzene rings is 1. The highest BCUT2D eigenvalue weighted by molar-refractivity contribution is 6.35. The maximum atomic E-state index is 6.10. The second-order valence-electron chi connectivity index (χ2n) is 4.16. The Morgan fingerprint density at radius 3 is 3.00 bits per heavy atom. The van der Waals surface area contributed by atoms with Crippen molar-refractivity contribution >= 4 is 23.2 Å². The lowest BCUT2D eigenvalue weighted by Crippen LogP contribution is -2.35. The number of morpholine rings is 1. The van der Waals surface area contributed by atoms with Gasteiger partial charge in [-0.3, -0.25) is 0 Å². The van der Waals surface area contributed by atoms with Crippen LogP contribution in [0.3, 0.4) is 0 Å². The molecule has 1 aliphatic rings. The van der Waals surface area contributed by atoms with Crippen molar-refractivity contribution in [2.75, 3.05) is 19.8 Å². The van der Waals surface area contributed by atoms with Crippen molar-refractivity contribution in [3.8, 4) is 11.5 Å². The van der Waals surface area contributed by atoms with Gasteiger partial charge in [0, 0.05) is 11.6 Å². The van der Waals surface area contributed by atoms with Crippen molar-refractivity contribution in [2.24, 2.45) is 0 Å². The van der Waals surface area contributed by atoms with E-state index < -0.39 is 0 Å². The summed E-state index contributed by atoms with van der Waals surface area (Å²) in [7, 11) is 0. The van der Waals surface area contributed by atoms with Gasteiger partial charge in [0.1, 0.15) is 0 Å². The van der Waals surface area contributed by atoms with Gasteiger partial charge in [0.25, 0.3) is 5.89 Å². The molecule has 0 amide bonds. The highest BCUT2D eigenvalue weighted by Gasteiger charge is 2.22. The van der Waals surface area contributed by atoms with Crippen molar-refractivity contribution in [1.29, 1.82) is 0 Å². The Balaban J connectivity index is 1.89. The summed E-state index contributed by atoms with van der Waals surface area (Å²) < 4.78 is 10.6. The Labute approximate surface area is 119 Å². The fraction of sp³-hybridized carbons (Fsp3) is 0.333. The van der Waals surface area contributed by atoms with E-state index in [-0.39, 0.29) is 6.04 Å². The molecule has 1 aromatic carbocycles. The van der Waals surface area contributed by atoms with Gasteiger partial charge in [0.15, 0.2) is 5.82 Å². The summed E-state index contributed by atoms with van der Waals surface area (Å²) >= 11 is 12.0. The van der Waals surface area contributed by atoms with Crippen molar-refractivity contribution in [3.05, 3.63) is 34.1 Å². The number of aromatic nitrogens is 2. The molecule has 0 spiro atoms. The lowest BCUT2D eigenvalue weighted by atomic mass is 10.2. The monoisotopic (exact) mass is 299 g/mol. The minimum absolute atomic E-state index is 0.0517. The first-order valence-corrected chi connectivity index (χ1v) is 6.60. The molecule has 1 aliphatic heterocycles. The Morgan fingerprint density at radius 1 is 1.32 bits per heavy atom. The lowest BCUT2D eigenvalue weighted by molar-refractivity contribution is 0.0734. The smallest absolute Gasteiger partial charge is 0.259 e. The minimum atomic E-state index is -0.0517. The summed E-state index contributed by atoms with van der Waals surface area (Å²) in [5.41, 5.74) is 0.629. The number of nitrogens with one attached hydrogen (secondary N) is 1. The van der Waals surface area contributed by atoms with Crippen LogP contribution in [0.15, 0.2) is 22.7 Å². The van der Waals surface area contributed by atoms with Gasteiger partial charge in [-0.1, -0.05) is 28.4 Å². The molecule has 100 valence electrons. The molecule has 0 bridgehead atoms. The van der Waals surface area contributed by atoms with Gasteiger partial charge in [0.2, 0.25) is 0 Å². The van der Waals surface area contributed by atoms with E-state index in [1.807, 2.05) is 0 Å². The zero-order chi connectivity index (χ0) is 13.2. The number of hydrogen-bond donors (Lipinski definition) is 1. The summed E-state index contributed by atoms with van der Waals surface area (Å²) in [6.07, 6.45) is 0. The van der Waals surface area contributed by atoms with Crippen LogP contribution >= 0.6 is 23.2 Å². The highest BCUT2D eigenvalue weighted by Crippen LogP contribution is 2.30. The van der Waals surface area contributed by atoms with Crippen molar-refractivity contribution in [2.45, 2.75) is 6.04 Å². The van der Waals surface area contributed by atoms with Crippen LogP contribution in [-0.4, -0.2) is 29.9 Å². The van der Waals surface area contributed by atoms with Crippen LogP contribution in [0.2, 0.25) is 10.0 Å². The van der Waals surface area contributed by atoms with Crippen LogP contribution in [-0.2, 0) is 4.74 Å². The Morgan fingerprint density at radius 2 is 2.21 bits per heavy atom. The first-order valence-electron chi connectivity index (χ1n) is 5.84. The quantitative estimate of drug-likeness (QED) is 0.924. The fourth-order valence-corrected chi connectivity index (χ4v) is 2.25. The van der Waals surface area contributed by atoms with Gasteiger partial charge < -0.3 is 14.6 Å². The number of hydrogen-bond acceptors (Lipinski definition) is 5. The average Bonchev–Trinajstić information content (AvgIpc) is 2.92. The molecule has 0 unspecified atom stereocenters. The number of nitrogens with zero attached hydrogens (tertiary/aromatic N) is 2. The molecule has 0 saturated carbocycles. The maximum Gasteiger partial charge on any atom is 0.259 e. The van der Waals surface area contributed by atoms with Crippen LogP contribution in [0.1, 0.15) is 11.9 Å². The van der Waals surface area contributed by atoms with Gasteiger partial charge in [-0.15, -0.1) is 0 Å². The van der Waals surface area contributed by atoms with E-state index in [9.17, 15) is 0 Å². The first kappa shape index (κ1) is 12.9. The van der Waals surface area contributed by atoms with Gasteiger partial charge in [-0.2, -0.15) is 4.98 Å². The van der Waals surface area contributed by atoms with Crippen molar-refractivity contribution in [3.63, 3.8) is 0 Å².